The molecule has 0 aliphatic rings. The van der Waals surface area contributed by atoms with Crippen molar-refractivity contribution in [1.82, 2.24) is 0 Å². The molecule has 0 bridgehead atoms. The van der Waals surface area contributed by atoms with E-state index in [-0.39, 0.29) is 11.8 Å². The molecule has 1 aromatic carbocycles. The van der Waals surface area contributed by atoms with Crippen molar-refractivity contribution in [2.75, 3.05) is 5.32 Å². The second-order valence-electron chi connectivity index (χ2n) is 4.43. The Bertz CT molecular complexity index is 423. The van der Waals surface area contributed by atoms with E-state index in [9.17, 15) is 4.79 Å². The summed E-state index contributed by atoms with van der Waals surface area (Å²) >= 11 is 4.84. The molecule has 0 aliphatic heterocycles. The highest BCUT2D eigenvalue weighted by Crippen LogP contribution is 2.14. The van der Waals surface area contributed by atoms with Crippen LogP contribution in [0.4, 0.5) is 5.69 Å². The normalized spacial score (nSPS) is 11.9. The first-order valence-electron chi connectivity index (χ1n) is 5.56. The van der Waals surface area contributed by atoms with Gasteiger partial charge in [-0.1, -0.05) is 25.2 Å². The number of thiocarbonyl (C=S) groups is 1. The van der Waals surface area contributed by atoms with Gasteiger partial charge in [-0.25, -0.2) is 0 Å². The van der Waals surface area contributed by atoms with Gasteiger partial charge in [0.25, 0.3) is 0 Å². The first-order chi connectivity index (χ1) is 7.88. The lowest BCUT2D eigenvalue weighted by molar-refractivity contribution is -0.116. The van der Waals surface area contributed by atoms with Crippen molar-refractivity contribution >= 4 is 28.8 Å². The van der Waals surface area contributed by atoms with Gasteiger partial charge in [0.1, 0.15) is 0 Å². The fraction of sp³-hybridized carbons (Fsp3) is 0.385. The van der Waals surface area contributed by atoms with Crippen LogP contribution in [0.25, 0.3) is 0 Å². The summed E-state index contributed by atoms with van der Waals surface area (Å²) in [6.07, 6.45) is 0.322. The number of amides is 1. The van der Waals surface area contributed by atoms with Crippen LogP contribution < -0.4 is 11.1 Å². The smallest absolute Gasteiger partial charge is 0.225 e. The predicted molar refractivity (Wildman–Crippen MR) is 75.1 cm³/mol. The number of nitrogens with two attached hydrogens (primary N) is 1. The van der Waals surface area contributed by atoms with Crippen molar-refractivity contribution < 1.29 is 4.79 Å². The van der Waals surface area contributed by atoms with E-state index in [4.69, 9.17) is 18.0 Å². The van der Waals surface area contributed by atoms with Crippen molar-refractivity contribution in [1.29, 1.82) is 0 Å². The van der Waals surface area contributed by atoms with Crippen molar-refractivity contribution in [3.05, 3.63) is 29.3 Å². The molecule has 1 rings (SSSR count). The van der Waals surface area contributed by atoms with Crippen LogP contribution >= 0.6 is 12.2 Å². The molecule has 1 amide bonds. The second kappa shape index (κ2) is 5.77. The molecule has 0 aromatic heterocycles. The van der Waals surface area contributed by atoms with E-state index in [0.29, 0.717) is 11.4 Å². The van der Waals surface area contributed by atoms with E-state index in [0.717, 1.165) is 16.8 Å². The Morgan fingerprint density at radius 1 is 1.35 bits per heavy atom. The van der Waals surface area contributed by atoms with Crippen LogP contribution in [0.2, 0.25) is 0 Å². The lowest BCUT2D eigenvalue weighted by Crippen LogP contribution is -2.24. The van der Waals surface area contributed by atoms with Crippen LogP contribution in [0, 0.1) is 19.8 Å². The molecule has 0 radical (unpaired) electrons. The van der Waals surface area contributed by atoms with E-state index in [2.05, 4.69) is 11.4 Å². The molecular weight excluding hydrogens is 232 g/mol. The quantitative estimate of drug-likeness (QED) is 0.807. The summed E-state index contributed by atoms with van der Waals surface area (Å²) in [6.45, 7) is 5.85. The van der Waals surface area contributed by atoms with Crippen LogP contribution in [-0.2, 0) is 4.79 Å². The summed E-state index contributed by atoms with van der Waals surface area (Å²) in [5.41, 5.74) is 8.55. The van der Waals surface area contributed by atoms with Gasteiger partial charge >= 0.3 is 0 Å². The van der Waals surface area contributed by atoms with E-state index >= 15 is 0 Å². The number of benzene rings is 1. The monoisotopic (exact) mass is 250 g/mol. The summed E-state index contributed by atoms with van der Waals surface area (Å²) in [7, 11) is 0. The minimum atomic E-state index is -0.0732. The van der Waals surface area contributed by atoms with Gasteiger partial charge in [-0.15, -0.1) is 0 Å². The van der Waals surface area contributed by atoms with Crippen LogP contribution in [-0.4, -0.2) is 10.9 Å². The van der Waals surface area contributed by atoms with E-state index in [1.165, 1.54) is 0 Å². The lowest BCUT2D eigenvalue weighted by Gasteiger charge is -2.11. The van der Waals surface area contributed by atoms with Crippen molar-refractivity contribution in [3.63, 3.8) is 0 Å². The van der Waals surface area contributed by atoms with Gasteiger partial charge in [0.05, 0.1) is 4.99 Å². The van der Waals surface area contributed by atoms with Crippen molar-refractivity contribution in [2.45, 2.75) is 27.2 Å². The first kappa shape index (κ1) is 13.6. The lowest BCUT2D eigenvalue weighted by atomic mass is 10.1. The maximum absolute atomic E-state index is 11.7. The predicted octanol–water partition coefficient (Wildman–Crippen LogP) is 2.55. The standard InChI is InChI=1S/C13H18N2OS/c1-8-4-9(2)6-11(5-8)15-12(16)7-10(3)13(14)17/h4-6,10H,7H2,1-3H3,(H2,14,17)(H,15,16). The minimum absolute atomic E-state index is 0.0599. The molecule has 0 fully saturated rings. The number of hydrogen-bond donors (Lipinski definition) is 2. The van der Waals surface area contributed by atoms with Crippen LogP contribution in [0.15, 0.2) is 18.2 Å². The summed E-state index contributed by atoms with van der Waals surface area (Å²) in [5, 5.41) is 2.86. The third-order valence-electron chi connectivity index (χ3n) is 2.48. The van der Waals surface area contributed by atoms with Gasteiger partial charge in [0, 0.05) is 18.0 Å². The van der Waals surface area contributed by atoms with E-state index in [1.54, 1.807) is 0 Å². The molecule has 4 heteroatoms. The Hall–Kier alpha value is -1.42. The van der Waals surface area contributed by atoms with Crippen molar-refractivity contribution in [3.8, 4) is 0 Å². The SMILES string of the molecule is Cc1cc(C)cc(NC(=O)CC(C)C(N)=S)c1. The Labute approximate surface area is 107 Å². The zero-order chi connectivity index (χ0) is 13.0. The summed E-state index contributed by atoms with van der Waals surface area (Å²) < 4.78 is 0. The molecule has 3 N–H and O–H groups in total. The average Bonchev–Trinajstić information content (AvgIpc) is 2.14. The van der Waals surface area contributed by atoms with Crippen molar-refractivity contribution in [2.24, 2.45) is 11.7 Å². The molecule has 3 nitrogen and oxygen atoms in total. The molecule has 17 heavy (non-hydrogen) atoms. The average molecular weight is 250 g/mol. The third kappa shape index (κ3) is 4.53. The second-order valence-corrected chi connectivity index (χ2v) is 4.90. The number of carbonyl (C=O) groups excluding carboxylic acids is 1. The van der Waals surface area contributed by atoms with Gasteiger partial charge in [-0.05, 0) is 37.1 Å². The number of anilines is 1. The fourth-order valence-corrected chi connectivity index (χ4v) is 1.72. The maximum Gasteiger partial charge on any atom is 0.225 e. The number of nitrogens with one attached hydrogen (secondary N) is 1. The zero-order valence-electron chi connectivity index (χ0n) is 10.4. The highest BCUT2D eigenvalue weighted by molar-refractivity contribution is 7.80. The van der Waals surface area contributed by atoms with Gasteiger partial charge in [-0.3, -0.25) is 4.79 Å². The maximum atomic E-state index is 11.7. The van der Waals surface area contributed by atoms with Gasteiger partial charge < -0.3 is 11.1 Å². The topological polar surface area (TPSA) is 55.1 Å². The highest BCUT2D eigenvalue weighted by Gasteiger charge is 2.11. The molecule has 1 atom stereocenters. The van der Waals surface area contributed by atoms with E-state index < -0.39 is 0 Å². The first-order valence-corrected chi connectivity index (χ1v) is 5.97. The molecule has 1 aromatic rings. The van der Waals surface area contributed by atoms with Gasteiger partial charge in [0.2, 0.25) is 5.91 Å². The van der Waals surface area contributed by atoms with Crippen LogP contribution in [0.3, 0.4) is 0 Å². The molecule has 1 unspecified atom stereocenters. The van der Waals surface area contributed by atoms with Crippen LogP contribution in [0.5, 0.6) is 0 Å². The molecule has 0 aliphatic carbocycles. The Morgan fingerprint density at radius 3 is 2.35 bits per heavy atom. The molecular formula is C13H18N2OS. The third-order valence-corrected chi connectivity index (χ3v) is 2.89. The van der Waals surface area contributed by atoms with Crippen LogP contribution in [0.1, 0.15) is 24.5 Å². The Kier molecular flexibility index (Phi) is 4.63. The van der Waals surface area contributed by atoms with Gasteiger partial charge in [-0.2, -0.15) is 0 Å². The fourth-order valence-electron chi connectivity index (χ4n) is 1.64. The number of carbonyl (C=O) groups is 1. The van der Waals surface area contributed by atoms with E-state index in [1.807, 2.05) is 32.9 Å². The summed E-state index contributed by atoms with van der Waals surface area (Å²) in [5.74, 6) is -0.133. The minimum Gasteiger partial charge on any atom is -0.393 e. The number of rotatable bonds is 4. The number of aryl methyl sites for hydroxylation is 2. The van der Waals surface area contributed by atoms with Gasteiger partial charge in [0.15, 0.2) is 0 Å². The zero-order valence-corrected chi connectivity index (χ0v) is 11.2. The Morgan fingerprint density at radius 2 is 1.88 bits per heavy atom. The number of hydrogen-bond acceptors (Lipinski definition) is 2. The summed E-state index contributed by atoms with van der Waals surface area (Å²) in [6, 6.07) is 5.94. The highest BCUT2D eigenvalue weighted by atomic mass is 32.1. The largest absolute Gasteiger partial charge is 0.393 e. The summed E-state index contributed by atoms with van der Waals surface area (Å²) in [4.78, 5) is 12.1. The molecule has 0 saturated heterocycles. The molecule has 0 heterocycles. The molecule has 0 saturated carbocycles. The molecule has 0 spiro atoms. The molecule has 92 valence electrons. The Balaban J connectivity index is 2.65.